The SMILES string of the molecule is C=CCOC12Oc3ccc(Oc4ccc(SC)cc4)cc3C3C(CCCCO)C(CCCCO)C=C(C(=NOC(C)(C)C)CC1N(Cc1ccc4c(c1)OCO4)C(=O)C=Cc1ccc([N+](=O)[O-])cc1)C32. The van der Waals surface area contributed by atoms with Gasteiger partial charge in [0.15, 0.2) is 11.5 Å². The van der Waals surface area contributed by atoms with Gasteiger partial charge in [-0.15, -0.1) is 18.3 Å². The first-order chi connectivity index (χ1) is 33.8. The number of allylic oxidation sites excluding steroid dienone is 1. The van der Waals surface area contributed by atoms with E-state index in [1.165, 1.54) is 18.2 Å². The van der Waals surface area contributed by atoms with Crippen molar-refractivity contribution >= 4 is 35.1 Å². The Balaban J connectivity index is 1.34. The Bertz CT molecular complexity index is 2590. The number of carbonyl (C=O) groups is 1. The van der Waals surface area contributed by atoms with Crippen LogP contribution < -0.4 is 18.9 Å². The number of hydrogen-bond donors (Lipinski definition) is 2. The third kappa shape index (κ3) is 11.2. The van der Waals surface area contributed by atoms with Crippen LogP contribution in [0.4, 0.5) is 5.69 Å². The van der Waals surface area contributed by atoms with E-state index in [0.29, 0.717) is 52.9 Å². The molecule has 1 saturated carbocycles. The maximum absolute atomic E-state index is 15.3. The van der Waals surface area contributed by atoms with Gasteiger partial charge in [-0.1, -0.05) is 36.2 Å². The maximum Gasteiger partial charge on any atom is 0.269 e. The molecule has 14 nitrogen and oxygen atoms in total. The highest BCUT2D eigenvalue weighted by atomic mass is 32.2. The number of amides is 1. The minimum Gasteiger partial charge on any atom is -0.459 e. The van der Waals surface area contributed by atoms with Crippen molar-refractivity contribution in [3.05, 3.63) is 142 Å². The van der Waals surface area contributed by atoms with Gasteiger partial charge in [-0.3, -0.25) is 14.9 Å². The van der Waals surface area contributed by atoms with Gasteiger partial charge in [0.05, 0.1) is 23.2 Å². The Kier molecular flexibility index (Phi) is 16.0. The lowest BCUT2D eigenvalue weighted by atomic mass is 9.55. The largest absolute Gasteiger partial charge is 0.459 e. The summed E-state index contributed by atoms with van der Waals surface area (Å²) in [6.07, 6.45) is 13.7. The maximum atomic E-state index is 15.3. The van der Waals surface area contributed by atoms with Crippen molar-refractivity contribution in [3.8, 4) is 28.7 Å². The molecule has 4 aromatic rings. The van der Waals surface area contributed by atoms with Crippen LogP contribution in [0.25, 0.3) is 6.08 Å². The summed E-state index contributed by atoms with van der Waals surface area (Å²) in [6.45, 7) is 10.3. The van der Waals surface area contributed by atoms with Gasteiger partial charge in [-0.2, -0.15) is 0 Å². The van der Waals surface area contributed by atoms with Gasteiger partial charge >= 0.3 is 0 Å². The van der Waals surface area contributed by atoms with Crippen molar-refractivity contribution < 1.29 is 48.5 Å². The van der Waals surface area contributed by atoms with Crippen LogP contribution in [-0.4, -0.2) is 82.0 Å². The molecule has 6 atom stereocenters. The minimum atomic E-state index is -1.53. The average Bonchev–Trinajstić information content (AvgIpc) is 3.83. The zero-order valence-corrected chi connectivity index (χ0v) is 41.1. The summed E-state index contributed by atoms with van der Waals surface area (Å²) >= 11 is 1.66. The standard InChI is InChI=1S/C55H63N3O11S/c1-6-29-66-55-50(57(34-37-15-24-48-49(30-37)65-35-64-48)51(61)26-16-36-13-17-39(18-14-36)58(62)63)33-46(56-69-54(2,3)4)44-31-38(11-7-9-27-59)43(12-8-10-28-60)52(53(44)55)45-32-41(21-25-47(45)68-55)67-40-19-22-42(70-5)23-20-40/h6,13-26,30-32,38,43,50,52-53,59-60H,1,7-12,27-29,33-35H2,2-5H3. The molecule has 0 radical (unpaired) electrons. The molecule has 2 N–H and O–H groups in total. The molecule has 70 heavy (non-hydrogen) atoms. The van der Waals surface area contributed by atoms with Gasteiger partial charge < -0.3 is 43.6 Å². The molecule has 4 aliphatic rings. The number of thioether (sulfide) groups is 1. The molecule has 15 heteroatoms. The zero-order valence-electron chi connectivity index (χ0n) is 40.3. The number of oxime groups is 1. The van der Waals surface area contributed by atoms with Crippen LogP contribution >= 0.6 is 11.8 Å². The number of unbranched alkanes of at least 4 members (excludes halogenated alkanes) is 2. The number of non-ortho nitro benzene ring substituents is 1. The number of benzene rings is 4. The molecule has 4 aromatic carbocycles. The fourth-order valence-corrected chi connectivity index (χ4v) is 10.6. The molecule has 0 aromatic heterocycles. The van der Waals surface area contributed by atoms with E-state index < -0.39 is 28.3 Å². The second-order valence-corrected chi connectivity index (χ2v) is 20.0. The van der Waals surface area contributed by atoms with Gasteiger partial charge in [0.1, 0.15) is 28.9 Å². The Morgan fingerprint density at radius 3 is 2.36 bits per heavy atom. The second-order valence-electron chi connectivity index (χ2n) is 19.1. The summed E-state index contributed by atoms with van der Waals surface area (Å²) in [5.41, 5.74) is 3.13. The second kappa shape index (κ2) is 22.3. The number of nitrogens with zero attached hydrogens (tertiary/aromatic N) is 3. The predicted molar refractivity (Wildman–Crippen MR) is 269 cm³/mol. The number of rotatable bonds is 21. The van der Waals surface area contributed by atoms with Crippen molar-refractivity contribution in [2.45, 2.75) is 101 Å². The van der Waals surface area contributed by atoms with Crippen LogP contribution in [0.1, 0.15) is 88.3 Å². The lowest BCUT2D eigenvalue weighted by Gasteiger charge is -2.60. The lowest BCUT2D eigenvalue weighted by molar-refractivity contribution is -0.384. The van der Waals surface area contributed by atoms with E-state index in [2.05, 4.69) is 18.7 Å². The van der Waals surface area contributed by atoms with Gasteiger partial charge in [0.25, 0.3) is 5.69 Å². The molecule has 2 aliphatic carbocycles. The summed E-state index contributed by atoms with van der Waals surface area (Å²) in [6, 6.07) is 24.6. The molecule has 370 valence electrons. The normalized spacial score (nSPS) is 22.7. The lowest BCUT2D eigenvalue weighted by Crippen LogP contribution is -2.70. The highest BCUT2D eigenvalue weighted by Crippen LogP contribution is 2.62. The molecule has 1 amide bonds. The highest BCUT2D eigenvalue weighted by Gasteiger charge is 2.65. The van der Waals surface area contributed by atoms with E-state index in [0.717, 1.165) is 47.3 Å². The van der Waals surface area contributed by atoms with Gasteiger partial charge in [0, 0.05) is 60.8 Å². The molecule has 6 unspecified atom stereocenters. The number of carbonyl (C=O) groups excluding carboxylic acids is 1. The molecule has 0 bridgehead atoms. The van der Waals surface area contributed by atoms with E-state index in [-0.39, 0.29) is 68.9 Å². The average molecular weight is 974 g/mol. The number of hydrogen-bond acceptors (Lipinski definition) is 13. The smallest absolute Gasteiger partial charge is 0.269 e. The topological polar surface area (TPSA) is 172 Å². The summed E-state index contributed by atoms with van der Waals surface area (Å²) in [7, 11) is 0. The number of ether oxygens (including phenoxy) is 5. The van der Waals surface area contributed by atoms with Crippen molar-refractivity contribution in [3.63, 3.8) is 0 Å². The summed E-state index contributed by atoms with van der Waals surface area (Å²) < 4.78 is 32.7. The summed E-state index contributed by atoms with van der Waals surface area (Å²) in [5.74, 6) is 0.349. The minimum absolute atomic E-state index is 0.00644. The summed E-state index contributed by atoms with van der Waals surface area (Å²) in [4.78, 5) is 35.6. The fraction of sp³-hybridized carbons (Fsp3) is 0.418. The molecule has 8 rings (SSSR count). The predicted octanol–water partition coefficient (Wildman–Crippen LogP) is 11.0. The van der Waals surface area contributed by atoms with Crippen molar-refractivity contribution in [2.75, 3.05) is 32.9 Å². The van der Waals surface area contributed by atoms with Crippen molar-refractivity contribution in [1.29, 1.82) is 0 Å². The van der Waals surface area contributed by atoms with Crippen LogP contribution in [0.15, 0.2) is 125 Å². The quantitative estimate of drug-likeness (QED) is 0.0202. The molecule has 0 saturated heterocycles. The van der Waals surface area contributed by atoms with Crippen LogP contribution in [0.5, 0.6) is 28.7 Å². The first-order valence-corrected chi connectivity index (χ1v) is 25.3. The number of aliphatic hydroxyl groups is 2. The van der Waals surface area contributed by atoms with Gasteiger partial charge in [-0.25, -0.2) is 0 Å². The number of nitro groups is 1. The third-order valence-electron chi connectivity index (χ3n) is 13.3. The molecular weight excluding hydrogens is 911 g/mol. The molecule has 2 aliphatic heterocycles. The Labute approximate surface area is 414 Å². The van der Waals surface area contributed by atoms with Crippen LogP contribution in [-0.2, 0) is 20.9 Å². The van der Waals surface area contributed by atoms with Crippen molar-refractivity contribution in [2.24, 2.45) is 22.9 Å². The molecule has 0 spiro atoms. The van der Waals surface area contributed by atoms with Crippen LogP contribution in [0.2, 0.25) is 0 Å². The first kappa shape index (κ1) is 50.3. The molecule has 2 heterocycles. The highest BCUT2D eigenvalue weighted by molar-refractivity contribution is 7.98. The van der Waals surface area contributed by atoms with Gasteiger partial charge in [-0.05, 0) is 154 Å². The number of fused-ring (bicyclic) bond motifs is 3. The third-order valence-corrected chi connectivity index (χ3v) is 14.1. The summed E-state index contributed by atoms with van der Waals surface area (Å²) in [5, 5.41) is 36.6. The molecule has 1 fully saturated rings. The molecular formula is C55H63N3O11S. The monoisotopic (exact) mass is 973 g/mol. The van der Waals surface area contributed by atoms with E-state index >= 15 is 4.79 Å². The Morgan fingerprint density at radius 1 is 0.943 bits per heavy atom. The number of nitro benzene ring substituents is 1. The van der Waals surface area contributed by atoms with E-state index in [9.17, 15) is 20.3 Å². The zero-order chi connectivity index (χ0) is 49.4. The number of aliphatic hydroxyl groups excluding tert-OH is 2. The van der Waals surface area contributed by atoms with E-state index in [1.807, 2.05) is 81.6 Å². The Morgan fingerprint density at radius 2 is 1.66 bits per heavy atom. The van der Waals surface area contributed by atoms with Crippen LogP contribution in [0.3, 0.4) is 0 Å². The van der Waals surface area contributed by atoms with Crippen LogP contribution in [0, 0.1) is 27.9 Å². The van der Waals surface area contributed by atoms with E-state index in [1.54, 1.807) is 40.9 Å². The van der Waals surface area contributed by atoms with Crippen molar-refractivity contribution in [1.82, 2.24) is 4.90 Å². The van der Waals surface area contributed by atoms with E-state index in [4.69, 9.17) is 33.7 Å². The first-order valence-electron chi connectivity index (χ1n) is 24.0. The fourth-order valence-electron chi connectivity index (χ4n) is 10.2. The Hall–Kier alpha value is -6.13. The van der Waals surface area contributed by atoms with Gasteiger partial charge in [0.2, 0.25) is 18.5 Å².